The van der Waals surface area contributed by atoms with E-state index in [2.05, 4.69) is 40.6 Å². The SMILES string of the molecule is N[C@H]1CC[C@H](NCCCCNc2cc(F)c(S(=O)(=O)Nc3ncns3)cc2Br)C1. The van der Waals surface area contributed by atoms with Crippen LogP contribution in [0.2, 0.25) is 0 Å². The van der Waals surface area contributed by atoms with Crippen molar-refractivity contribution in [3.05, 3.63) is 28.7 Å². The number of nitrogens with zero attached hydrogens (tertiary/aromatic N) is 2. The van der Waals surface area contributed by atoms with Crippen molar-refractivity contribution in [2.45, 2.75) is 49.1 Å². The van der Waals surface area contributed by atoms with E-state index in [0.717, 1.165) is 50.2 Å². The smallest absolute Gasteiger partial charge is 0.266 e. The Labute approximate surface area is 182 Å². The van der Waals surface area contributed by atoms with E-state index in [4.69, 9.17) is 5.73 Å². The number of halogens is 2. The molecule has 0 saturated heterocycles. The van der Waals surface area contributed by atoms with E-state index in [0.29, 0.717) is 28.8 Å². The molecule has 0 aliphatic heterocycles. The summed E-state index contributed by atoms with van der Waals surface area (Å²) in [6.07, 6.45) is 6.36. The highest BCUT2D eigenvalue weighted by molar-refractivity contribution is 9.10. The summed E-state index contributed by atoms with van der Waals surface area (Å²) in [6, 6.07) is 3.26. The molecule has 1 saturated carbocycles. The van der Waals surface area contributed by atoms with Crippen LogP contribution in [0.1, 0.15) is 32.1 Å². The zero-order chi connectivity index (χ0) is 20.9. The first kappa shape index (κ1) is 22.3. The number of aromatic nitrogens is 2. The highest BCUT2D eigenvalue weighted by Gasteiger charge is 2.23. The van der Waals surface area contributed by atoms with Gasteiger partial charge in [0.2, 0.25) is 5.13 Å². The molecular weight excluding hydrogens is 483 g/mol. The normalized spacial score (nSPS) is 19.4. The number of benzene rings is 1. The Morgan fingerprint density at radius 1 is 1.28 bits per heavy atom. The Balaban J connectivity index is 1.49. The average molecular weight is 507 g/mol. The molecule has 0 bridgehead atoms. The van der Waals surface area contributed by atoms with Gasteiger partial charge in [-0.15, -0.1) is 0 Å². The van der Waals surface area contributed by atoms with Crippen LogP contribution in [0.4, 0.5) is 15.2 Å². The fraction of sp³-hybridized carbons (Fsp3) is 0.529. The van der Waals surface area contributed by atoms with Crippen molar-refractivity contribution in [2.75, 3.05) is 23.1 Å². The maximum atomic E-state index is 14.5. The summed E-state index contributed by atoms with van der Waals surface area (Å²) in [5, 5.41) is 6.74. The lowest BCUT2D eigenvalue weighted by Crippen LogP contribution is -2.29. The van der Waals surface area contributed by atoms with Crippen LogP contribution in [-0.4, -0.2) is 42.9 Å². The summed E-state index contributed by atoms with van der Waals surface area (Å²) in [6.45, 7) is 1.57. The van der Waals surface area contributed by atoms with Gasteiger partial charge < -0.3 is 16.4 Å². The number of nitrogens with one attached hydrogen (secondary N) is 3. The molecule has 1 aromatic carbocycles. The summed E-state index contributed by atoms with van der Waals surface area (Å²) in [7, 11) is -4.09. The Morgan fingerprint density at radius 3 is 2.76 bits per heavy atom. The van der Waals surface area contributed by atoms with Crippen molar-refractivity contribution < 1.29 is 12.8 Å². The van der Waals surface area contributed by atoms with Crippen molar-refractivity contribution in [1.29, 1.82) is 0 Å². The minimum Gasteiger partial charge on any atom is -0.384 e. The zero-order valence-electron chi connectivity index (χ0n) is 15.7. The summed E-state index contributed by atoms with van der Waals surface area (Å²) < 4.78 is 45.6. The van der Waals surface area contributed by atoms with Crippen molar-refractivity contribution in [3.63, 3.8) is 0 Å². The fourth-order valence-corrected chi connectivity index (χ4v) is 5.62. The second-order valence-electron chi connectivity index (χ2n) is 6.97. The molecule has 5 N–H and O–H groups in total. The molecule has 160 valence electrons. The van der Waals surface area contributed by atoms with Crippen LogP contribution < -0.4 is 21.1 Å². The Bertz CT molecular complexity index is 913. The fourth-order valence-electron chi connectivity index (χ4n) is 3.24. The van der Waals surface area contributed by atoms with Gasteiger partial charge in [0.15, 0.2) is 0 Å². The third-order valence-electron chi connectivity index (χ3n) is 4.72. The van der Waals surface area contributed by atoms with Gasteiger partial charge in [-0.05, 0) is 66.7 Å². The van der Waals surface area contributed by atoms with Crippen molar-refractivity contribution >= 4 is 48.3 Å². The number of anilines is 2. The lowest BCUT2D eigenvalue weighted by Gasteiger charge is -2.13. The molecule has 1 aliphatic carbocycles. The van der Waals surface area contributed by atoms with E-state index in [9.17, 15) is 12.8 Å². The van der Waals surface area contributed by atoms with Crippen molar-refractivity contribution in [2.24, 2.45) is 5.73 Å². The molecule has 2 atom stereocenters. The molecule has 0 spiro atoms. The van der Waals surface area contributed by atoms with Gasteiger partial charge in [0.1, 0.15) is 17.0 Å². The number of hydrogen-bond donors (Lipinski definition) is 4. The van der Waals surface area contributed by atoms with Gasteiger partial charge >= 0.3 is 0 Å². The number of nitrogens with two attached hydrogens (primary N) is 1. The standard InChI is InChI=1S/C17H24BrFN6O2S2/c18-13-8-16(29(26,27)25-17-23-10-24-28-17)14(19)9-15(13)22-6-2-1-5-21-12-4-3-11(20)7-12/h8-12,21-22H,1-7,20H2,(H,23,24,25)/t11-,12-/m0/s1. The lowest BCUT2D eigenvalue weighted by atomic mass is 10.2. The highest BCUT2D eigenvalue weighted by Crippen LogP contribution is 2.29. The van der Waals surface area contributed by atoms with Gasteiger partial charge in [0, 0.05) is 34.6 Å². The van der Waals surface area contributed by atoms with Crippen LogP contribution in [0, 0.1) is 5.82 Å². The molecule has 1 fully saturated rings. The quantitative estimate of drug-likeness (QED) is 0.365. The summed E-state index contributed by atoms with van der Waals surface area (Å²) in [4.78, 5) is 3.30. The molecule has 0 amide bonds. The van der Waals surface area contributed by atoms with Crippen LogP contribution in [0.5, 0.6) is 0 Å². The molecule has 8 nitrogen and oxygen atoms in total. The van der Waals surface area contributed by atoms with Crippen LogP contribution in [0.25, 0.3) is 0 Å². The molecule has 1 aliphatic rings. The predicted octanol–water partition coefficient (Wildman–Crippen LogP) is 2.90. The summed E-state index contributed by atoms with van der Waals surface area (Å²) >= 11 is 4.19. The predicted molar refractivity (Wildman–Crippen MR) is 116 cm³/mol. The van der Waals surface area contributed by atoms with E-state index < -0.39 is 20.7 Å². The van der Waals surface area contributed by atoms with Crippen molar-refractivity contribution in [1.82, 2.24) is 14.7 Å². The molecule has 12 heteroatoms. The second kappa shape index (κ2) is 10.1. The van der Waals surface area contributed by atoms with E-state index in [1.54, 1.807) is 0 Å². The molecule has 1 heterocycles. The van der Waals surface area contributed by atoms with E-state index >= 15 is 0 Å². The van der Waals surface area contributed by atoms with Crippen molar-refractivity contribution in [3.8, 4) is 0 Å². The topological polar surface area (TPSA) is 122 Å². The molecule has 0 radical (unpaired) electrons. The van der Waals surface area contributed by atoms with Gasteiger partial charge in [-0.3, -0.25) is 4.72 Å². The lowest BCUT2D eigenvalue weighted by molar-refractivity contribution is 0.504. The van der Waals surface area contributed by atoms with Gasteiger partial charge in [0.05, 0.1) is 5.69 Å². The third kappa shape index (κ3) is 6.32. The first-order chi connectivity index (χ1) is 13.8. The zero-order valence-corrected chi connectivity index (χ0v) is 18.9. The van der Waals surface area contributed by atoms with Gasteiger partial charge in [-0.25, -0.2) is 17.8 Å². The summed E-state index contributed by atoms with van der Waals surface area (Å²) in [5.74, 6) is -0.841. The van der Waals surface area contributed by atoms with E-state index in [1.165, 1.54) is 18.5 Å². The maximum Gasteiger partial charge on any atom is 0.266 e. The largest absolute Gasteiger partial charge is 0.384 e. The second-order valence-corrected chi connectivity index (χ2v) is 10.3. The number of unbranched alkanes of at least 4 members (excludes halogenated alkanes) is 1. The summed E-state index contributed by atoms with van der Waals surface area (Å²) in [5.41, 5.74) is 6.41. The molecule has 3 rings (SSSR count). The number of rotatable bonds is 10. The van der Waals surface area contributed by atoms with Crippen LogP contribution in [0.3, 0.4) is 0 Å². The number of sulfonamides is 1. The Hall–Kier alpha value is -1.34. The minimum absolute atomic E-state index is 0.0796. The monoisotopic (exact) mass is 506 g/mol. The minimum atomic E-state index is -4.09. The van der Waals surface area contributed by atoms with Crippen LogP contribution >= 0.6 is 27.5 Å². The first-order valence-electron chi connectivity index (χ1n) is 9.36. The third-order valence-corrected chi connectivity index (χ3v) is 7.44. The average Bonchev–Trinajstić information content (AvgIpc) is 3.31. The molecule has 1 aromatic heterocycles. The van der Waals surface area contributed by atoms with Crippen LogP contribution in [0.15, 0.2) is 27.8 Å². The molecule has 0 unspecified atom stereocenters. The number of hydrogen-bond acceptors (Lipinski definition) is 8. The van der Waals surface area contributed by atoms with Gasteiger partial charge in [-0.2, -0.15) is 4.37 Å². The van der Waals surface area contributed by atoms with Gasteiger partial charge in [0.25, 0.3) is 10.0 Å². The Morgan fingerprint density at radius 2 is 2.07 bits per heavy atom. The van der Waals surface area contributed by atoms with E-state index in [1.807, 2.05) is 0 Å². The van der Waals surface area contributed by atoms with Gasteiger partial charge in [-0.1, -0.05) is 0 Å². The van der Waals surface area contributed by atoms with Crippen LogP contribution in [-0.2, 0) is 10.0 Å². The molecular formula is C17H24BrFN6O2S2. The maximum absolute atomic E-state index is 14.5. The molecule has 29 heavy (non-hydrogen) atoms. The highest BCUT2D eigenvalue weighted by atomic mass is 79.9. The van der Waals surface area contributed by atoms with E-state index in [-0.39, 0.29) is 5.13 Å². The Kier molecular flexibility index (Phi) is 7.79. The molecule has 2 aromatic rings. The first-order valence-corrected chi connectivity index (χ1v) is 12.4.